The van der Waals surface area contributed by atoms with Crippen molar-refractivity contribution in [3.05, 3.63) is 12.2 Å². The molecule has 0 aromatic carbocycles. The number of allylic oxidation sites excluding steroid dienone is 2. The Balaban J connectivity index is 1.63. The van der Waals surface area contributed by atoms with Crippen LogP contribution >= 0.6 is 0 Å². The SMILES string of the molecule is O=C(O)C1CC=CCC1C(=O)NC1CC2CCC1C2. The highest BCUT2D eigenvalue weighted by molar-refractivity contribution is 5.85. The molecule has 19 heavy (non-hydrogen) atoms. The molecule has 3 aliphatic carbocycles. The molecule has 2 saturated carbocycles. The lowest BCUT2D eigenvalue weighted by atomic mass is 9.82. The Bertz CT molecular complexity index is 418. The number of carbonyl (C=O) groups excluding carboxylic acids is 1. The van der Waals surface area contributed by atoms with E-state index in [0.29, 0.717) is 24.8 Å². The molecule has 3 rings (SSSR count). The summed E-state index contributed by atoms with van der Waals surface area (Å²) >= 11 is 0. The Labute approximate surface area is 113 Å². The van der Waals surface area contributed by atoms with Crippen LogP contribution in [0.15, 0.2) is 12.2 Å². The minimum Gasteiger partial charge on any atom is -0.481 e. The first-order chi connectivity index (χ1) is 9.15. The Morgan fingerprint density at radius 2 is 1.79 bits per heavy atom. The highest BCUT2D eigenvalue weighted by atomic mass is 16.4. The summed E-state index contributed by atoms with van der Waals surface area (Å²) < 4.78 is 0. The average Bonchev–Trinajstić information content (AvgIpc) is 3.01. The maximum absolute atomic E-state index is 12.3. The van der Waals surface area contributed by atoms with Gasteiger partial charge in [-0.05, 0) is 43.9 Å². The fourth-order valence-corrected chi connectivity index (χ4v) is 4.09. The quantitative estimate of drug-likeness (QED) is 0.765. The lowest BCUT2D eigenvalue weighted by Crippen LogP contribution is -2.45. The van der Waals surface area contributed by atoms with E-state index in [1.54, 1.807) is 0 Å². The monoisotopic (exact) mass is 263 g/mol. The van der Waals surface area contributed by atoms with Crippen LogP contribution in [0.5, 0.6) is 0 Å². The molecular formula is C15H21NO3. The summed E-state index contributed by atoms with van der Waals surface area (Å²) in [5, 5.41) is 12.3. The average molecular weight is 263 g/mol. The van der Waals surface area contributed by atoms with Gasteiger partial charge in [0.1, 0.15) is 0 Å². The third kappa shape index (κ3) is 2.40. The third-order valence-electron chi connectivity index (χ3n) is 5.15. The Kier molecular flexibility index (Phi) is 3.33. The number of hydrogen-bond acceptors (Lipinski definition) is 2. The van der Waals surface area contributed by atoms with E-state index in [0.717, 1.165) is 12.3 Å². The molecule has 0 spiro atoms. The first-order valence-electron chi connectivity index (χ1n) is 7.33. The van der Waals surface area contributed by atoms with Crippen LogP contribution in [-0.4, -0.2) is 23.0 Å². The topological polar surface area (TPSA) is 66.4 Å². The van der Waals surface area contributed by atoms with Crippen molar-refractivity contribution in [2.45, 2.75) is 44.6 Å². The minimum atomic E-state index is -0.850. The van der Waals surface area contributed by atoms with Crippen molar-refractivity contribution >= 4 is 11.9 Å². The molecule has 104 valence electrons. The van der Waals surface area contributed by atoms with Crippen LogP contribution in [0, 0.1) is 23.7 Å². The predicted molar refractivity (Wildman–Crippen MR) is 70.4 cm³/mol. The molecule has 4 nitrogen and oxygen atoms in total. The summed E-state index contributed by atoms with van der Waals surface area (Å²) in [6.45, 7) is 0. The molecule has 0 saturated heterocycles. The van der Waals surface area contributed by atoms with E-state index in [1.165, 1.54) is 19.3 Å². The van der Waals surface area contributed by atoms with Crippen molar-refractivity contribution in [1.29, 1.82) is 0 Å². The largest absolute Gasteiger partial charge is 0.481 e. The Morgan fingerprint density at radius 3 is 2.37 bits per heavy atom. The fourth-order valence-electron chi connectivity index (χ4n) is 4.09. The maximum atomic E-state index is 12.3. The van der Waals surface area contributed by atoms with Crippen LogP contribution in [0.1, 0.15) is 38.5 Å². The van der Waals surface area contributed by atoms with Crippen molar-refractivity contribution in [1.82, 2.24) is 5.32 Å². The van der Waals surface area contributed by atoms with Crippen LogP contribution in [0.4, 0.5) is 0 Å². The highest BCUT2D eigenvalue weighted by Crippen LogP contribution is 2.44. The lowest BCUT2D eigenvalue weighted by molar-refractivity contribution is -0.147. The zero-order valence-corrected chi connectivity index (χ0v) is 11.0. The van der Waals surface area contributed by atoms with Crippen LogP contribution in [0.25, 0.3) is 0 Å². The van der Waals surface area contributed by atoms with E-state index in [9.17, 15) is 14.7 Å². The second-order valence-electron chi connectivity index (χ2n) is 6.28. The number of amides is 1. The van der Waals surface area contributed by atoms with Crippen molar-refractivity contribution < 1.29 is 14.7 Å². The lowest BCUT2D eigenvalue weighted by Gasteiger charge is -2.28. The van der Waals surface area contributed by atoms with Gasteiger partial charge in [0.15, 0.2) is 0 Å². The van der Waals surface area contributed by atoms with Gasteiger partial charge in [-0.3, -0.25) is 9.59 Å². The molecule has 0 aliphatic heterocycles. The minimum absolute atomic E-state index is 0.0469. The zero-order valence-electron chi connectivity index (χ0n) is 11.0. The summed E-state index contributed by atoms with van der Waals surface area (Å²) in [4.78, 5) is 23.6. The normalized spacial score (nSPS) is 40.3. The summed E-state index contributed by atoms with van der Waals surface area (Å²) in [6.07, 6.45) is 9.72. The van der Waals surface area contributed by atoms with Gasteiger partial charge in [0.25, 0.3) is 0 Å². The summed E-state index contributed by atoms with van der Waals surface area (Å²) in [5.74, 6) is -0.412. The van der Waals surface area contributed by atoms with Gasteiger partial charge in [-0.15, -0.1) is 0 Å². The Morgan fingerprint density at radius 1 is 1.05 bits per heavy atom. The van der Waals surface area contributed by atoms with Gasteiger partial charge >= 0.3 is 5.97 Å². The summed E-state index contributed by atoms with van der Waals surface area (Å²) in [5.41, 5.74) is 0. The van der Waals surface area contributed by atoms with Crippen LogP contribution in [0.3, 0.4) is 0 Å². The third-order valence-corrected chi connectivity index (χ3v) is 5.15. The number of hydrogen-bond donors (Lipinski definition) is 2. The van der Waals surface area contributed by atoms with E-state index in [1.807, 2.05) is 12.2 Å². The molecule has 3 aliphatic rings. The van der Waals surface area contributed by atoms with Crippen molar-refractivity contribution in [2.24, 2.45) is 23.7 Å². The Hall–Kier alpha value is -1.32. The van der Waals surface area contributed by atoms with Crippen molar-refractivity contribution in [3.8, 4) is 0 Å². The van der Waals surface area contributed by atoms with Gasteiger partial charge in [-0.1, -0.05) is 18.6 Å². The second kappa shape index (κ2) is 4.99. The van der Waals surface area contributed by atoms with Crippen molar-refractivity contribution in [2.75, 3.05) is 0 Å². The molecule has 1 amide bonds. The number of carbonyl (C=O) groups is 2. The molecule has 5 atom stereocenters. The molecule has 4 heteroatoms. The van der Waals surface area contributed by atoms with E-state index >= 15 is 0 Å². The number of nitrogens with one attached hydrogen (secondary N) is 1. The summed E-state index contributed by atoms with van der Waals surface area (Å²) in [7, 11) is 0. The molecule has 0 heterocycles. The number of rotatable bonds is 3. The summed E-state index contributed by atoms with van der Waals surface area (Å²) in [6, 6.07) is 0.298. The van der Waals surface area contributed by atoms with Gasteiger partial charge in [0.05, 0.1) is 11.8 Å². The van der Waals surface area contributed by atoms with Gasteiger partial charge < -0.3 is 10.4 Å². The van der Waals surface area contributed by atoms with Gasteiger partial charge in [0.2, 0.25) is 5.91 Å². The maximum Gasteiger partial charge on any atom is 0.307 e. The molecule has 0 radical (unpaired) electrons. The van der Waals surface area contributed by atoms with Crippen LogP contribution in [-0.2, 0) is 9.59 Å². The standard InChI is InChI=1S/C15H21NO3/c17-14(11-3-1-2-4-12(11)15(18)19)16-13-8-9-5-6-10(13)7-9/h1-2,9-13H,3-8H2,(H,16,17)(H,18,19). The van der Waals surface area contributed by atoms with Gasteiger partial charge in [-0.2, -0.15) is 0 Å². The molecule has 0 aromatic heterocycles. The van der Waals surface area contributed by atoms with E-state index in [4.69, 9.17) is 0 Å². The molecular weight excluding hydrogens is 242 g/mol. The second-order valence-corrected chi connectivity index (χ2v) is 6.28. The molecule has 2 fully saturated rings. The first kappa shape index (κ1) is 12.7. The molecule has 0 aromatic rings. The molecule has 2 N–H and O–H groups in total. The number of fused-ring (bicyclic) bond motifs is 2. The first-order valence-corrected chi connectivity index (χ1v) is 7.33. The van der Waals surface area contributed by atoms with E-state index in [2.05, 4.69) is 5.32 Å². The zero-order chi connectivity index (χ0) is 13.4. The number of carboxylic acid groups (broad SMARTS) is 1. The van der Waals surface area contributed by atoms with Crippen molar-refractivity contribution in [3.63, 3.8) is 0 Å². The predicted octanol–water partition coefficient (Wildman–Crippen LogP) is 1.96. The number of aliphatic carboxylic acids is 1. The van der Waals surface area contributed by atoms with E-state index in [-0.39, 0.29) is 11.8 Å². The van der Waals surface area contributed by atoms with Crippen LogP contribution in [0.2, 0.25) is 0 Å². The van der Waals surface area contributed by atoms with Crippen LogP contribution < -0.4 is 5.32 Å². The van der Waals surface area contributed by atoms with Gasteiger partial charge in [-0.25, -0.2) is 0 Å². The smallest absolute Gasteiger partial charge is 0.307 e. The molecule has 5 unspecified atom stereocenters. The number of carboxylic acids is 1. The van der Waals surface area contributed by atoms with Gasteiger partial charge in [0, 0.05) is 6.04 Å². The van der Waals surface area contributed by atoms with E-state index < -0.39 is 11.9 Å². The highest BCUT2D eigenvalue weighted by Gasteiger charge is 2.42. The molecule has 2 bridgehead atoms. The fraction of sp³-hybridized carbons (Fsp3) is 0.733.